The van der Waals surface area contributed by atoms with E-state index in [1.165, 1.54) is 17.6 Å². The molecule has 1 aliphatic heterocycles. The van der Waals surface area contributed by atoms with E-state index in [1.807, 2.05) is 13.0 Å². The van der Waals surface area contributed by atoms with Crippen molar-refractivity contribution in [1.29, 1.82) is 0 Å². The lowest BCUT2D eigenvalue weighted by Crippen LogP contribution is -2.03. The van der Waals surface area contributed by atoms with Crippen LogP contribution in [0.25, 0.3) is 6.08 Å². The van der Waals surface area contributed by atoms with E-state index in [-0.39, 0.29) is 5.70 Å². The van der Waals surface area contributed by atoms with Crippen LogP contribution in [0.2, 0.25) is 0 Å². The van der Waals surface area contributed by atoms with E-state index in [4.69, 9.17) is 18.9 Å². The second-order valence-electron chi connectivity index (χ2n) is 5.87. The lowest BCUT2D eigenvalue weighted by molar-refractivity contribution is -0.129. The van der Waals surface area contributed by atoms with Crippen LogP contribution in [0.5, 0.6) is 17.2 Å². The number of thiophene rings is 1. The Morgan fingerprint density at radius 2 is 1.78 bits per heavy atom. The van der Waals surface area contributed by atoms with Crippen molar-refractivity contribution < 1.29 is 23.7 Å². The first-order valence-corrected chi connectivity index (χ1v) is 9.24. The van der Waals surface area contributed by atoms with Crippen molar-refractivity contribution in [2.45, 2.75) is 20.3 Å². The van der Waals surface area contributed by atoms with Crippen molar-refractivity contribution in [2.75, 3.05) is 21.3 Å². The summed E-state index contributed by atoms with van der Waals surface area (Å²) in [6.45, 7) is 4.14. The molecule has 0 aliphatic carbocycles. The summed E-state index contributed by atoms with van der Waals surface area (Å²) < 4.78 is 21.4. The molecule has 142 valence electrons. The molecular formula is C20H21NO5S. The first-order chi connectivity index (χ1) is 13.0. The van der Waals surface area contributed by atoms with E-state index in [0.29, 0.717) is 28.7 Å². The van der Waals surface area contributed by atoms with Gasteiger partial charge in [-0.05, 0) is 48.7 Å². The molecule has 0 amide bonds. The maximum absolute atomic E-state index is 12.3. The standard InChI is InChI=1S/C20H21NO5S/c1-6-16-11(2)7-17(27-16)19-21-13(20(22)26-19)8-12-9-14(23-3)18(25-5)15(10-12)24-4/h7-10H,6H2,1-5H3/b13-8+. The molecule has 6 nitrogen and oxygen atoms in total. The Bertz CT molecular complexity index is 917. The van der Waals surface area contributed by atoms with Crippen molar-refractivity contribution in [3.05, 3.63) is 44.8 Å². The largest absolute Gasteiger partial charge is 0.493 e. The summed E-state index contributed by atoms with van der Waals surface area (Å²) >= 11 is 1.59. The number of ether oxygens (including phenoxy) is 4. The maximum atomic E-state index is 12.3. The molecule has 0 fully saturated rings. The van der Waals surface area contributed by atoms with Gasteiger partial charge in [0.05, 0.1) is 26.2 Å². The molecule has 3 rings (SSSR count). The zero-order chi connectivity index (χ0) is 19.6. The number of aryl methyl sites for hydroxylation is 2. The van der Waals surface area contributed by atoms with Gasteiger partial charge in [0.25, 0.3) is 0 Å². The number of benzene rings is 1. The van der Waals surface area contributed by atoms with Crippen LogP contribution < -0.4 is 14.2 Å². The number of aliphatic imine (C=N–C) groups is 1. The Labute approximate surface area is 162 Å². The molecule has 2 heterocycles. The summed E-state index contributed by atoms with van der Waals surface area (Å²) in [5, 5.41) is 0. The van der Waals surface area contributed by atoms with Crippen molar-refractivity contribution in [1.82, 2.24) is 0 Å². The molecule has 0 bridgehead atoms. The highest BCUT2D eigenvalue weighted by Crippen LogP contribution is 2.39. The van der Waals surface area contributed by atoms with Gasteiger partial charge in [0, 0.05) is 4.88 Å². The molecule has 0 saturated carbocycles. The summed E-state index contributed by atoms with van der Waals surface area (Å²) in [6, 6.07) is 5.50. The third-order valence-corrected chi connectivity index (χ3v) is 5.53. The van der Waals surface area contributed by atoms with Crippen molar-refractivity contribution in [2.24, 2.45) is 4.99 Å². The molecule has 1 aromatic heterocycles. The Morgan fingerprint density at radius 1 is 1.11 bits per heavy atom. The number of methoxy groups -OCH3 is 3. The zero-order valence-corrected chi connectivity index (χ0v) is 16.7. The molecule has 1 aromatic carbocycles. The predicted molar refractivity (Wildman–Crippen MR) is 105 cm³/mol. The summed E-state index contributed by atoms with van der Waals surface area (Å²) in [7, 11) is 4.62. The minimum absolute atomic E-state index is 0.225. The number of cyclic esters (lactones) is 1. The molecule has 1 aliphatic rings. The van der Waals surface area contributed by atoms with E-state index < -0.39 is 5.97 Å². The summed E-state index contributed by atoms with van der Waals surface area (Å²) in [5.74, 6) is 1.34. The zero-order valence-electron chi connectivity index (χ0n) is 15.9. The van der Waals surface area contributed by atoms with Gasteiger partial charge < -0.3 is 18.9 Å². The van der Waals surface area contributed by atoms with Gasteiger partial charge >= 0.3 is 5.97 Å². The van der Waals surface area contributed by atoms with Gasteiger partial charge in [0.1, 0.15) is 0 Å². The number of rotatable bonds is 6. The average molecular weight is 387 g/mol. The predicted octanol–water partition coefficient (Wildman–Crippen LogP) is 3.99. The van der Waals surface area contributed by atoms with Gasteiger partial charge in [-0.2, -0.15) is 0 Å². The molecule has 7 heteroatoms. The Balaban J connectivity index is 1.99. The fraction of sp³-hybridized carbons (Fsp3) is 0.300. The fourth-order valence-electron chi connectivity index (χ4n) is 2.83. The topological polar surface area (TPSA) is 66.3 Å². The molecule has 0 N–H and O–H groups in total. The second-order valence-corrected chi connectivity index (χ2v) is 7.00. The van der Waals surface area contributed by atoms with Crippen LogP contribution >= 0.6 is 11.3 Å². The number of hydrogen-bond acceptors (Lipinski definition) is 7. The van der Waals surface area contributed by atoms with Gasteiger partial charge in [-0.25, -0.2) is 9.79 Å². The Hall–Kier alpha value is -2.80. The average Bonchev–Trinajstić information content (AvgIpc) is 3.23. The summed E-state index contributed by atoms with van der Waals surface area (Å²) in [4.78, 5) is 18.8. The molecule has 27 heavy (non-hydrogen) atoms. The molecular weight excluding hydrogens is 366 g/mol. The monoisotopic (exact) mass is 387 g/mol. The van der Waals surface area contributed by atoms with Crippen molar-refractivity contribution >= 4 is 29.3 Å². The summed E-state index contributed by atoms with van der Waals surface area (Å²) in [5.41, 5.74) is 2.10. The van der Waals surface area contributed by atoms with E-state index in [1.54, 1.807) is 43.8 Å². The number of carbonyl (C=O) groups excluding carboxylic acids is 1. The van der Waals surface area contributed by atoms with Crippen LogP contribution in [0, 0.1) is 6.92 Å². The molecule has 0 atom stereocenters. The van der Waals surface area contributed by atoms with Crippen LogP contribution in [0.15, 0.2) is 28.9 Å². The number of nitrogens with zero attached hydrogens (tertiary/aromatic N) is 1. The molecule has 2 aromatic rings. The first kappa shape index (κ1) is 19.0. The van der Waals surface area contributed by atoms with Crippen LogP contribution in [0.4, 0.5) is 0 Å². The van der Waals surface area contributed by atoms with Gasteiger partial charge in [-0.3, -0.25) is 0 Å². The van der Waals surface area contributed by atoms with Crippen molar-refractivity contribution in [3.63, 3.8) is 0 Å². The van der Waals surface area contributed by atoms with E-state index >= 15 is 0 Å². The lowest BCUT2D eigenvalue weighted by atomic mass is 10.1. The highest BCUT2D eigenvalue weighted by Gasteiger charge is 2.26. The first-order valence-electron chi connectivity index (χ1n) is 8.43. The van der Waals surface area contributed by atoms with Crippen LogP contribution in [0.1, 0.15) is 27.8 Å². The molecule has 0 saturated heterocycles. The number of carbonyl (C=O) groups is 1. The summed E-state index contributed by atoms with van der Waals surface area (Å²) in [6.07, 6.45) is 2.58. The van der Waals surface area contributed by atoms with Crippen molar-refractivity contribution in [3.8, 4) is 17.2 Å². The highest BCUT2D eigenvalue weighted by atomic mass is 32.1. The number of hydrogen-bond donors (Lipinski definition) is 0. The number of esters is 1. The van der Waals surface area contributed by atoms with Crippen LogP contribution in [-0.2, 0) is 16.0 Å². The van der Waals surface area contributed by atoms with E-state index in [0.717, 1.165) is 11.3 Å². The third-order valence-electron chi connectivity index (χ3n) is 4.16. The minimum Gasteiger partial charge on any atom is -0.493 e. The second kappa shape index (κ2) is 7.84. The maximum Gasteiger partial charge on any atom is 0.363 e. The molecule has 0 radical (unpaired) electrons. The Kier molecular flexibility index (Phi) is 5.51. The van der Waals surface area contributed by atoms with Gasteiger partial charge in [0.15, 0.2) is 17.2 Å². The smallest absolute Gasteiger partial charge is 0.363 e. The molecule has 0 spiro atoms. The third kappa shape index (κ3) is 3.68. The van der Waals surface area contributed by atoms with Gasteiger partial charge in [-0.1, -0.05) is 6.92 Å². The minimum atomic E-state index is -0.483. The Morgan fingerprint density at radius 3 is 2.30 bits per heavy atom. The molecule has 0 unspecified atom stereocenters. The quantitative estimate of drug-likeness (QED) is 0.554. The highest BCUT2D eigenvalue weighted by molar-refractivity contribution is 7.14. The van der Waals surface area contributed by atoms with Gasteiger partial charge in [0.2, 0.25) is 11.6 Å². The van der Waals surface area contributed by atoms with Crippen LogP contribution in [0.3, 0.4) is 0 Å². The normalized spacial score (nSPS) is 14.9. The van der Waals surface area contributed by atoms with Crippen LogP contribution in [-0.4, -0.2) is 33.2 Å². The van der Waals surface area contributed by atoms with Gasteiger partial charge in [-0.15, -0.1) is 11.3 Å². The SMILES string of the molecule is CCc1sc(C2=N/C(=C/c3cc(OC)c(OC)c(OC)c3)C(=O)O2)cc1C. The lowest BCUT2D eigenvalue weighted by Gasteiger charge is -2.12. The fourth-order valence-corrected chi connectivity index (χ4v) is 3.87. The van der Waals surface area contributed by atoms with E-state index in [9.17, 15) is 4.79 Å². The van der Waals surface area contributed by atoms with E-state index in [2.05, 4.69) is 11.9 Å².